The average Bonchev–Trinajstić information content (AvgIpc) is 2.60. The molecule has 2 atom stereocenters. The van der Waals surface area contributed by atoms with Crippen molar-refractivity contribution in [1.29, 1.82) is 0 Å². The number of sulfone groups is 1. The predicted octanol–water partition coefficient (Wildman–Crippen LogP) is 2.73. The second kappa shape index (κ2) is 8.20. The zero-order valence-corrected chi connectivity index (χ0v) is 16.6. The summed E-state index contributed by atoms with van der Waals surface area (Å²) < 4.78 is 28.8. The molecule has 0 N–H and O–H groups in total. The Labute approximate surface area is 155 Å². The Balaban J connectivity index is 2.15. The van der Waals surface area contributed by atoms with Crippen LogP contribution >= 0.6 is 0 Å². The number of aryl methyl sites for hydroxylation is 1. The summed E-state index contributed by atoms with van der Waals surface area (Å²) in [4.78, 5) is 27.1. The number of carbonyl (C=O) groups excluding carboxylic acids is 2. The first-order chi connectivity index (χ1) is 12.1. The quantitative estimate of drug-likeness (QED) is 0.733. The van der Waals surface area contributed by atoms with Gasteiger partial charge in [-0.25, -0.2) is 13.2 Å². The number of piperidine rings is 1. The van der Waals surface area contributed by atoms with Gasteiger partial charge in [0, 0.05) is 18.8 Å². The lowest BCUT2D eigenvalue weighted by Crippen LogP contribution is -2.48. The normalized spacial score (nSPS) is 19.1. The van der Waals surface area contributed by atoms with Gasteiger partial charge in [-0.15, -0.1) is 0 Å². The van der Waals surface area contributed by atoms with Crippen molar-refractivity contribution in [2.75, 3.05) is 12.8 Å². The number of carbonyl (C=O) groups is 2. The van der Waals surface area contributed by atoms with Crippen LogP contribution in [-0.4, -0.2) is 50.1 Å². The highest BCUT2D eigenvalue weighted by atomic mass is 32.2. The van der Waals surface area contributed by atoms with Crippen molar-refractivity contribution in [2.24, 2.45) is 0 Å². The fraction of sp³-hybridized carbons (Fsp3) is 0.579. The van der Waals surface area contributed by atoms with E-state index in [0.717, 1.165) is 31.9 Å². The van der Waals surface area contributed by atoms with Gasteiger partial charge in [0.25, 0.3) is 5.91 Å². The molecule has 0 aromatic heterocycles. The number of hydrogen-bond acceptors (Lipinski definition) is 5. The summed E-state index contributed by atoms with van der Waals surface area (Å²) in [5.41, 5.74) is 0.768. The van der Waals surface area contributed by atoms with E-state index in [1.54, 1.807) is 24.8 Å². The number of ether oxygens (including phenoxy) is 1. The van der Waals surface area contributed by atoms with Gasteiger partial charge in [-0.2, -0.15) is 0 Å². The lowest BCUT2D eigenvalue weighted by molar-refractivity contribution is -0.143. The van der Waals surface area contributed by atoms with Gasteiger partial charge in [0.1, 0.15) is 0 Å². The number of benzene rings is 1. The molecule has 0 aliphatic carbocycles. The third-order valence-corrected chi connectivity index (χ3v) is 5.98. The average molecular weight is 381 g/mol. The highest BCUT2D eigenvalue weighted by molar-refractivity contribution is 7.90. The molecular weight excluding hydrogens is 354 g/mol. The molecule has 7 heteroatoms. The summed E-state index contributed by atoms with van der Waals surface area (Å²) in [6.45, 7) is 6.00. The number of hydrogen-bond donors (Lipinski definition) is 0. The van der Waals surface area contributed by atoms with E-state index in [9.17, 15) is 18.0 Å². The van der Waals surface area contributed by atoms with Crippen LogP contribution in [0.15, 0.2) is 23.1 Å². The molecule has 1 fully saturated rings. The van der Waals surface area contributed by atoms with Crippen LogP contribution in [0.5, 0.6) is 0 Å². The van der Waals surface area contributed by atoms with E-state index in [4.69, 9.17) is 4.74 Å². The van der Waals surface area contributed by atoms with Crippen molar-refractivity contribution in [3.63, 3.8) is 0 Å². The van der Waals surface area contributed by atoms with E-state index in [0.29, 0.717) is 12.1 Å². The van der Waals surface area contributed by atoms with Gasteiger partial charge in [0.15, 0.2) is 15.9 Å². The van der Waals surface area contributed by atoms with Crippen molar-refractivity contribution in [2.45, 2.75) is 63.5 Å². The van der Waals surface area contributed by atoms with Gasteiger partial charge in [-0.3, -0.25) is 4.79 Å². The molecule has 1 aromatic rings. The summed E-state index contributed by atoms with van der Waals surface area (Å²) in [6.07, 6.45) is 4.09. The fourth-order valence-corrected chi connectivity index (χ4v) is 3.92. The van der Waals surface area contributed by atoms with Crippen LogP contribution in [0.1, 0.15) is 55.5 Å². The van der Waals surface area contributed by atoms with Gasteiger partial charge in [-0.05, 0) is 57.2 Å². The SMILES string of the molecule is CC[C@@H]1CCCCN1C(=O)[C@@H](C)OC(=O)c1cc(S(C)(=O)=O)ccc1C. The number of amides is 1. The molecule has 0 spiro atoms. The van der Waals surface area contributed by atoms with Crippen molar-refractivity contribution >= 4 is 21.7 Å². The molecule has 6 nitrogen and oxygen atoms in total. The molecule has 1 saturated heterocycles. The number of esters is 1. The summed E-state index contributed by atoms with van der Waals surface area (Å²) in [5, 5.41) is 0. The summed E-state index contributed by atoms with van der Waals surface area (Å²) in [7, 11) is -3.43. The van der Waals surface area contributed by atoms with E-state index in [-0.39, 0.29) is 22.4 Å². The molecule has 0 unspecified atom stereocenters. The summed E-state index contributed by atoms with van der Waals surface area (Å²) in [6, 6.07) is 4.51. The van der Waals surface area contributed by atoms with Gasteiger partial charge in [0.2, 0.25) is 0 Å². The maximum absolute atomic E-state index is 12.7. The van der Waals surface area contributed by atoms with Crippen molar-refractivity contribution in [3.8, 4) is 0 Å². The zero-order chi connectivity index (χ0) is 19.5. The minimum absolute atomic E-state index is 0.0520. The topological polar surface area (TPSA) is 80.8 Å². The molecule has 0 bridgehead atoms. The van der Waals surface area contributed by atoms with Crippen LogP contribution in [-0.2, 0) is 19.4 Å². The Morgan fingerprint density at radius 3 is 2.62 bits per heavy atom. The Morgan fingerprint density at radius 2 is 2.00 bits per heavy atom. The number of nitrogens with zero attached hydrogens (tertiary/aromatic N) is 1. The first kappa shape index (κ1) is 20.4. The van der Waals surface area contributed by atoms with E-state index in [1.807, 2.05) is 6.92 Å². The minimum Gasteiger partial charge on any atom is -0.449 e. The van der Waals surface area contributed by atoms with E-state index >= 15 is 0 Å². The van der Waals surface area contributed by atoms with Crippen LogP contribution in [0, 0.1) is 6.92 Å². The molecule has 1 aromatic carbocycles. The molecule has 144 valence electrons. The molecule has 0 saturated carbocycles. The molecule has 26 heavy (non-hydrogen) atoms. The Kier molecular flexibility index (Phi) is 6.44. The molecule has 2 rings (SSSR count). The van der Waals surface area contributed by atoms with Gasteiger partial charge in [-0.1, -0.05) is 13.0 Å². The van der Waals surface area contributed by atoms with Crippen LogP contribution in [0.2, 0.25) is 0 Å². The Bertz CT molecular complexity index is 787. The summed E-state index contributed by atoms with van der Waals surface area (Å²) in [5.74, 6) is -0.874. The van der Waals surface area contributed by atoms with Crippen LogP contribution in [0.25, 0.3) is 0 Å². The number of rotatable bonds is 5. The maximum Gasteiger partial charge on any atom is 0.339 e. The minimum atomic E-state index is -3.43. The molecular formula is C19H27NO5S. The van der Waals surface area contributed by atoms with E-state index in [2.05, 4.69) is 0 Å². The highest BCUT2D eigenvalue weighted by Gasteiger charge is 2.31. The van der Waals surface area contributed by atoms with E-state index < -0.39 is 21.9 Å². The molecule has 1 heterocycles. The second-order valence-corrected chi connectivity index (χ2v) is 8.90. The molecule has 0 radical (unpaired) electrons. The van der Waals surface area contributed by atoms with Gasteiger partial charge in [0.05, 0.1) is 10.5 Å². The van der Waals surface area contributed by atoms with Crippen molar-refractivity contribution < 1.29 is 22.7 Å². The summed E-state index contributed by atoms with van der Waals surface area (Å²) >= 11 is 0. The monoisotopic (exact) mass is 381 g/mol. The first-order valence-electron chi connectivity index (χ1n) is 8.97. The van der Waals surface area contributed by atoms with Crippen LogP contribution in [0.3, 0.4) is 0 Å². The Morgan fingerprint density at radius 1 is 1.31 bits per heavy atom. The van der Waals surface area contributed by atoms with Crippen molar-refractivity contribution in [3.05, 3.63) is 29.3 Å². The second-order valence-electron chi connectivity index (χ2n) is 6.89. The van der Waals surface area contributed by atoms with Crippen LogP contribution < -0.4 is 0 Å². The number of likely N-dealkylation sites (tertiary alicyclic amines) is 1. The van der Waals surface area contributed by atoms with Crippen molar-refractivity contribution in [1.82, 2.24) is 4.90 Å². The standard InChI is InChI=1S/C19H27NO5S/c1-5-15-8-6-7-11-20(15)18(21)14(3)25-19(22)17-12-16(26(4,23)24)10-9-13(17)2/h9-10,12,14-15H,5-8,11H2,1-4H3/t14-,15-/m1/s1. The molecule has 1 aliphatic rings. The maximum atomic E-state index is 12.7. The zero-order valence-electron chi connectivity index (χ0n) is 15.8. The predicted molar refractivity (Wildman–Crippen MR) is 98.8 cm³/mol. The first-order valence-corrected chi connectivity index (χ1v) is 10.9. The largest absolute Gasteiger partial charge is 0.449 e. The lowest BCUT2D eigenvalue weighted by Gasteiger charge is -2.36. The third kappa shape index (κ3) is 4.63. The lowest BCUT2D eigenvalue weighted by atomic mass is 9.99. The highest BCUT2D eigenvalue weighted by Crippen LogP contribution is 2.22. The van der Waals surface area contributed by atoms with Gasteiger partial charge >= 0.3 is 5.97 Å². The van der Waals surface area contributed by atoms with Gasteiger partial charge < -0.3 is 9.64 Å². The smallest absolute Gasteiger partial charge is 0.339 e. The third-order valence-electron chi connectivity index (χ3n) is 4.87. The van der Waals surface area contributed by atoms with E-state index in [1.165, 1.54) is 12.1 Å². The Hall–Kier alpha value is -1.89. The fourth-order valence-electron chi connectivity index (χ4n) is 3.27. The molecule has 1 aliphatic heterocycles. The van der Waals surface area contributed by atoms with Crippen LogP contribution in [0.4, 0.5) is 0 Å². The molecule has 1 amide bonds.